The fraction of sp³-hybridized carbons (Fsp3) is 0.556. The maximum atomic E-state index is 12.5. The molecule has 1 saturated heterocycles. The third-order valence-corrected chi connectivity index (χ3v) is 4.68. The van der Waals surface area contributed by atoms with Gasteiger partial charge in [0, 0.05) is 22.8 Å². The number of likely N-dealkylation sites (tertiary alicyclic amines) is 1. The molecular weight excluding hydrogens is 326 g/mol. The molecule has 1 heterocycles. The van der Waals surface area contributed by atoms with Crippen molar-refractivity contribution in [3.05, 3.63) is 29.3 Å². The van der Waals surface area contributed by atoms with Crippen LogP contribution in [0.4, 0.5) is 5.69 Å². The first-order valence-corrected chi connectivity index (χ1v) is 8.79. The number of anilines is 1. The number of nitrogens with one attached hydrogen (secondary N) is 1. The van der Waals surface area contributed by atoms with E-state index in [1.165, 1.54) is 6.42 Å². The molecule has 5 nitrogen and oxygen atoms in total. The summed E-state index contributed by atoms with van der Waals surface area (Å²) in [5.74, 6) is -0.0520. The summed E-state index contributed by atoms with van der Waals surface area (Å²) in [5.41, 5.74) is 0.697. The van der Waals surface area contributed by atoms with Crippen LogP contribution in [0.15, 0.2) is 24.3 Å². The van der Waals surface area contributed by atoms with Crippen molar-refractivity contribution in [3.63, 3.8) is 0 Å². The Hall–Kier alpha value is -1.59. The number of amides is 2. The molecule has 0 aromatic heterocycles. The molecule has 0 radical (unpaired) electrons. The van der Waals surface area contributed by atoms with Gasteiger partial charge in [0.1, 0.15) is 0 Å². The maximum absolute atomic E-state index is 12.5. The van der Waals surface area contributed by atoms with Gasteiger partial charge < -0.3 is 10.2 Å². The normalized spacial score (nSPS) is 21.0. The Morgan fingerprint density at radius 3 is 2.33 bits per heavy atom. The van der Waals surface area contributed by atoms with Gasteiger partial charge in [0.25, 0.3) is 0 Å². The van der Waals surface area contributed by atoms with Crippen LogP contribution in [0.3, 0.4) is 0 Å². The summed E-state index contributed by atoms with van der Waals surface area (Å²) in [7, 11) is 1.79. The first-order chi connectivity index (χ1) is 11.4. The third kappa shape index (κ3) is 5.21. The number of carbonyl (C=O) groups is 2. The Balaban J connectivity index is 1.83. The van der Waals surface area contributed by atoms with Crippen molar-refractivity contribution in [3.8, 4) is 0 Å². The van der Waals surface area contributed by atoms with Crippen molar-refractivity contribution >= 4 is 29.1 Å². The Morgan fingerprint density at radius 2 is 1.75 bits per heavy atom. The van der Waals surface area contributed by atoms with E-state index >= 15 is 0 Å². The van der Waals surface area contributed by atoms with Crippen molar-refractivity contribution in [2.24, 2.45) is 0 Å². The predicted octanol–water partition coefficient (Wildman–Crippen LogP) is 3.00. The molecule has 132 valence electrons. The van der Waals surface area contributed by atoms with Crippen LogP contribution in [0.5, 0.6) is 0 Å². The van der Waals surface area contributed by atoms with Crippen molar-refractivity contribution < 1.29 is 9.59 Å². The Morgan fingerprint density at radius 1 is 1.17 bits per heavy atom. The first-order valence-electron chi connectivity index (χ1n) is 8.42. The number of nitrogens with zero attached hydrogens (tertiary/aromatic N) is 2. The highest BCUT2D eigenvalue weighted by Crippen LogP contribution is 2.22. The molecule has 0 unspecified atom stereocenters. The summed E-state index contributed by atoms with van der Waals surface area (Å²) < 4.78 is 0. The molecule has 1 N–H and O–H groups in total. The minimum Gasteiger partial charge on any atom is -0.336 e. The molecule has 0 aliphatic carbocycles. The lowest BCUT2D eigenvalue weighted by molar-refractivity contribution is -0.138. The van der Waals surface area contributed by atoms with E-state index < -0.39 is 0 Å². The predicted molar refractivity (Wildman–Crippen MR) is 97.2 cm³/mol. The van der Waals surface area contributed by atoms with Gasteiger partial charge in [-0.2, -0.15) is 0 Å². The van der Waals surface area contributed by atoms with Gasteiger partial charge in [-0.3, -0.25) is 14.5 Å². The van der Waals surface area contributed by atoms with E-state index in [0.29, 0.717) is 10.7 Å². The SMILES string of the molecule is C[C@@H]1CCC[C@@H](C)N1C(=O)CN(C)CC(=O)Nc1ccc(Cl)cc1. The molecule has 1 aliphatic heterocycles. The number of likely N-dealkylation sites (N-methyl/N-ethyl adjacent to an activating group) is 1. The average Bonchev–Trinajstić information content (AvgIpc) is 2.49. The molecule has 0 bridgehead atoms. The summed E-state index contributed by atoms with van der Waals surface area (Å²) >= 11 is 5.82. The van der Waals surface area contributed by atoms with E-state index in [-0.39, 0.29) is 37.0 Å². The smallest absolute Gasteiger partial charge is 0.238 e. The summed E-state index contributed by atoms with van der Waals surface area (Å²) in [6, 6.07) is 7.51. The number of piperidine rings is 1. The van der Waals surface area contributed by atoms with Crippen molar-refractivity contribution in [1.29, 1.82) is 0 Å². The highest BCUT2D eigenvalue weighted by atomic mass is 35.5. The van der Waals surface area contributed by atoms with Gasteiger partial charge in [0.15, 0.2) is 0 Å². The first kappa shape index (κ1) is 18.7. The average molecular weight is 352 g/mol. The van der Waals surface area contributed by atoms with Crippen LogP contribution in [0, 0.1) is 0 Å². The van der Waals surface area contributed by atoms with E-state index in [9.17, 15) is 9.59 Å². The number of rotatable bonds is 5. The molecule has 1 fully saturated rings. The van der Waals surface area contributed by atoms with Crippen LogP contribution >= 0.6 is 11.6 Å². The second kappa shape index (κ2) is 8.49. The second-order valence-corrected chi connectivity index (χ2v) is 7.09. The molecule has 2 amide bonds. The summed E-state index contributed by atoms with van der Waals surface area (Å²) in [6.07, 6.45) is 3.28. The summed E-state index contributed by atoms with van der Waals surface area (Å²) in [6.45, 7) is 4.62. The molecule has 2 atom stereocenters. The Kier molecular flexibility index (Phi) is 6.63. The fourth-order valence-corrected chi connectivity index (χ4v) is 3.39. The second-order valence-electron chi connectivity index (χ2n) is 6.66. The standard InChI is InChI=1S/C18H26ClN3O2/c1-13-5-4-6-14(2)22(13)18(24)12-21(3)11-17(23)20-16-9-7-15(19)8-10-16/h7-10,13-14H,4-6,11-12H2,1-3H3,(H,20,23)/t13-,14-/m1/s1. The highest BCUT2D eigenvalue weighted by molar-refractivity contribution is 6.30. The van der Waals surface area contributed by atoms with Gasteiger partial charge in [-0.15, -0.1) is 0 Å². The third-order valence-electron chi connectivity index (χ3n) is 4.43. The zero-order valence-corrected chi connectivity index (χ0v) is 15.3. The molecular formula is C18H26ClN3O2. The molecule has 0 saturated carbocycles. The molecule has 1 aromatic carbocycles. The van der Waals surface area contributed by atoms with Crippen LogP contribution in [0.25, 0.3) is 0 Å². The van der Waals surface area contributed by atoms with Crippen LogP contribution in [0.2, 0.25) is 5.02 Å². The number of carbonyl (C=O) groups excluding carboxylic acids is 2. The van der Waals surface area contributed by atoms with E-state index in [1.54, 1.807) is 36.2 Å². The number of hydrogen-bond donors (Lipinski definition) is 1. The van der Waals surface area contributed by atoms with E-state index in [2.05, 4.69) is 19.2 Å². The van der Waals surface area contributed by atoms with Crippen molar-refractivity contribution in [2.75, 3.05) is 25.5 Å². The van der Waals surface area contributed by atoms with Crippen LogP contribution in [-0.4, -0.2) is 53.8 Å². The quantitative estimate of drug-likeness (QED) is 0.887. The molecule has 6 heteroatoms. The van der Waals surface area contributed by atoms with E-state index in [4.69, 9.17) is 11.6 Å². The van der Waals surface area contributed by atoms with Gasteiger partial charge in [0.2, 0.25) is 11.8 Å². The fourth-order valence-electron chi connectivity index (χ4n) is 3.26. The maximum Gasteiger partial charge on any atom is 0.238 e. The Labute approximate surface area is 149 Å². The zero-order valence-electron chi connectivity index (χ0n) is 14.6. The molecule has 1 aromatic rings. The van der Waals surface area contributed by atoms with E-state index in [1.807, 2.05) is 4.90 Å². The molecule has 0 spiro atoms. The van der Waals surface area contributed by atoms with Crippen LogP contribution in [-0.2, 0) is 9.59 Å². The number of benzene rings is 1. The monoisotopic (exact) mass is 351 g/mol. The molecule has 1 aliphatic rings. The van der Waals surface area contributed by atoms with Crippen LogP contribution < -0.4 is 5.32 Å². The van der Waals surface area contributed by atoms with Crippen molar-refractivity contribution in [2.45, 2.75) is 45.2 Å². The highest BCUT2D eigenvalue weighted by Gasteiger charge is 2.29. The van der Waals surface area contributed by atoms with Crippen LogP contribution in [0.1, 0.15) is 33.1 Å². The Bertz CT molecular complexity index is 566. The van der Waals surface area contributed by atoms with Gasteiger partial charge >= 0.3 is 0 Å². The lowest BCUT2D eigenvalue weighted by atomic mass is 9.97. The summed E-state index contributed by atoms with van der Waals surface area (Å²) in [4.78, 5) is 28.3. The van der Waals surface area contributed by atoms with Gasteiger partial charge in [-0.1, -0.05) is 11.6 Å². The van der Waals surface area contributed by atoms with Gasteiger partial charge in [0.05, 0.1) is 13.1 Å². The number of hydrogen-bond acceptors (Lipinski definition) is 3. The zero-order chi connectivity index (χ0) is 17.7. The molecule has 24 heavy (non-hydrogen) atoms. The minimum atomic E-state index is -0.146. The largest absolute Gasteiger partial charge is 0.336 e. The van der Waals surface area contributed by atoms with Gasteiger partial charge in [-0.25, -0.2) is 0 Å². The topological polar surface area (TPSA) is 52.7 Å². The lowest BCUT2D eigenvalue weighted by Gasteiger charge is -2.39. The van der Waals surface area contributed by atoms with Gasteiger partial charge in [-0.05, 0) is 64.4 Å². The summed E-state index contributed by atoms with van der Waals surface area (Å²) in [5, 5.41) is 3.43. The minimum absolute atomic E-state index is 0.0940. The van der Waals surface area contributed by atoms with Crippen molar-refractivity contribution in [1.82, 2.24) is 9.80 Å². The lowest BCUT2D eigenvalue weighted by Crippen LogP contribution is -2.51. The molecule has 2 rings (SSSR count). The van der Waals surface area contributed by atoms with E-state index in [0.717, 1.165) is 12.8 Å². The number of halogens is 1.